The van der Waals surface area contributed by atoms with Crippen molar-refractivity contribution in [3.05, 3.63) is 11.4 Å². The lowest BCUT2D eigenvalue weighted by atomic mass is 10.2. The molecule has 0 aromatic carbocycles. The Balaban J connectivity index is 2.08. The van der Waals surface area contributed by atoms with Crippen molar-refractivity contribution in [3.63, 3.8) is 0 Å². The molecule has 0 radical (unpaired) electrons. The molecule has 1 fully saturated rings. The van der Waals surface area contributed by atoms with Crippen LogP contribution in [-0.4, -0.2) is 48.3 Å². The number of aromatic nitrogens is 2. The summed E-state index contributed by atoms with van der Waals surface area (Å²) in [6.45, 7) is 1.03. The molecule has 0 atom stereocenters. The second-order valence-corrected chi connectivity index (χ2v) is 4.39. The molecule has 1 aliphatic rings. The van der Waals surface area contributed by atoms with E-state index in [2.05, 4.69) is 10.2 Å². The lowest BCUT2D eigenvalue weighted by Gasteiger charge is -2.15. The third-order valence-corrected chi connectivity index (χ3v) is 3.00. The summed E-state index contributed by atoms with van der Waals surface area (Å²) in [5.41, 5.74) is 7.68. The van der Waals surface area contributed by atoms with Crippen LogP contribution in [0.15, 0.2) is 0 Å². The highest BCUT2D eigenvalue weighted by molar-refractivity contribution is 5.97. The smallest absolute Gasteiger partial charge is 0.276 e. The minimum Gasteiger partial charge on any atom is -0.395 e. The fourth-order valence-electron chi connectivity index (χ4n) is 1.72. The first-order valence-electron chi connectivity index (χ1n) is 5.73. The normalized spacial score (nSPS) is 14.9. The predicted molar refractivity (Wildman–Crippen MR) is 63.8 cm³/mol. The van der Waals surface area contributed by atoms with Gasteiger partial charge in [-0.05, 0) is 12.8 Å². The zero-order chi connectivity index (χ0) is 12.4. The Labute approximate surface area is 100 Å². The molecule has 1 amide bonds. The fourth-order valence-corrected chi connectivity index (χ4v) is 1.72. The second-order valence-electron chi connectivity index (χ2n) is 4.39. The molecule has 1 saturated carbocycles. The Morgan fingerprint density at radius 1 is 1.65 bits per heavy atom. The number of anilines is 1. The van der Waals surface area contributed by atoms with E-state index < -0.39 is 0 Å². The van der Waals surface area contributed by atoms with Crippen molar-refractivity contribution in [2.24, 2.45) is 0 Å². The van der Waals surface area contributed by atoms with Crippen molar-refractivity contribution in [3.8, 4) is 0 Å². The number of hydrogen-bond acceptors (Lipinski definition) is 4. The highest BCUT2D eigenvalue weighted by atomic mass is 16.5. The van der Waals surface area contributed by atoms with Crippen molar-refractivity contribution in [2.45, 2.75) is 18.8 Å². The summed E-state index contributed by atoms with van der Waals surface area (Å²) in [4.78, 5) is 13.6. The average Bonchev–Trinajstić information content (AvgIpc) is 3.09. The summed E-state index contributed by atoms with van der Waals surface area (Å²) in [6, 6.07) is 0. The number of hydrogen-bond donors (Lipinski definition) is 2. The van der Waals surface area contributed by atoms with E-state index in [9.17, 15) is 4.79 Å². The number of nitrogen functional groups attached to an aromatic ring is 1. The number of amides is 1. The number of aromatic amines is 1. The molecule has 0 spiro atoms. The number of likely N-dealkylation sites (N-methyl/N-ethyl adjacent to an activating group) is 1. The summed E-state index contributed by atoms with van der Waals surface area (Å²) >= 11 is 0. The molecule has 0 unspecified atom stereocenters. The summed E-state index contributed by atoms with van der Waals surface area (Å²) < 4.78 is 4.93. The SMILES string of the molecule is COCCN(C)C(=O)c1n[nH]c(C2CC2)c1N. The molecule has 1 aromatic rings. The van der Waals surface area contributed by atoms with Crippen LogP contribution >= 0.6 is 0 Å². The third-order valence-electron chi connectivity index (χ3n) is 3.00. The number of methoxy groups -OCH3 is 1. The number of rotatable bonds is 5. The lowest BCUT2D eigenvalue weighted by molar-refractivity contribution is 0.0739. The van der Waals surface area contributed by atoms with Crippen LogP contribution in [0.1, 0.15) is 34.9 Å². The van der Waals surface area contributed by atoms with Crippen LogP contribution in [0.2, 0.25) is 0 Å². The first-order chi connectivity index (χ1) is 8.15. The molecule has 0 aliphatic heterocycles. The quantitative estimate of drug-likeness (QED) is 0.786. The molecule has 1 aliphatic carbocycles. The van der Waals surface area contributed by atoms with E-state index in [1.54, 1.807) is 19.1 Å². The topological polar surface area (TPSA) is 84.2 Å². The maximum Gasteiger partial charge on any atom is 0.276 e. The van der Waals surface area contributed by atoms with Gasteiger partial charge in [0.2, 0.25) is 0 Å². The summed E-state index contributed by atoms with van der Waals surface area (Å²) in [5, 5.41) is 6.90. The van der Waals surface area contributed by atoms with Gasteiger partial charge >= 0.3 is 0 Å². The largest absolute Gasteiger partial charge is 0.395 e. The minimum absolute atomic E-state index is 0.164. The van der Waals surface area contributed by atoms with Crippen LogP contribution in [0.25, 0.3) is 0 Å². The number of carbonyl (C=O) groups is 1. The zero-order valence-electron chi connectivity index (χ0n) is 10.2. The van der Waals surface area contributed by atoms with Crippen LogP contribution in [-0.2, 0) is 4.74 Å². The molecule has 3 N–H and O–H groups in total. The number of ether oxygens (including phenoxy) is 1. The highest BCUT2D eigenvalue weighted by Crippen LogP contribution is 2.42. The van der Waals surface area contributed by atoms with E-state index in [-0.39, 0.29) is 5.91 Å². The molecular weight excluding hydrogens is 220 g/mol. The lowest BCUT2D eigenvalue weighted by Crippen LogP contribution is -2.30. The predicted octanol–water partition coefficient (Wildman–Crippen LogP) is 0.588. The molecule has 17 heavy (non-hydrogen) atoms. The van der Waals surface area contributed by atoms with E-state index in [0.29, 0.717) is 30.5 Å². The van der Waals surface area contributed by atoms with Gasteiger partial charge in [-0.2, -0.15) is 5.10 Å². The first-order valence-corrected chi connectivity index (χ1v) is 5.73. The van der Waals surface area contributed by atoms with Crippen LogP contribution in [0.3, 0.4) is 0 Å². The first kappa shape index (κ1) is 11.9. The van der Waals surface area contributed by atoms with Crippen molar-refractivity contribution < 1.29 is 9.53 Å². The molecule has 1 heterocycles. The van der Waals surface area contributed by atoms with E-state index in [1.807, 2.05) is 0 Å². The van der Waals surface area contributed by atoms with Crippen molar-refractivity contribution in [1.82, 2.24) is 15.1 Å². The van der Waals surface area contributed by atoms with Crippen molar-refractivity contribution >= 4 is 11.6 Å². The molecule has 6 nitrogen and oxygen atoms in total. The van der Waals surface area contributed by atoms with Crippen molar-refractivity contribution in [2.75, 3.05) is 33.0 Å². The maximum atomic E-state index is 12.0. The molecule has 0 bridgehead atoms. The number of nitrogens with one attached hydrogen (secondary N) is 1. The van der Waals surface area contributed by atoms with Crippen LogP contribution < -0.4 is 5.73 Å². The maximum absolute atomic E-state index is 12.0. The Bertz CT molecular complexity index is 412. The monoisotopic (exact) mass is 238 g/mol. The Hall–Kier alpha value is -1.56. The standard InChI is InChI=1S/C11H18N4O2/c1-15(5-6-17-2)11(16)10-8(12)9(13-14-10)7-3-4-7/h7H,3-6,12H2,1-2H3,(H,13,14). The molecule has 1 aromatic heterocycles. The van der Waals surface area contributed by atoms with Gasteiger partial charge in [-0.25, -0.2) is 0 Å². The minimum atomic E-state index is -0.164. The van der Waals surface area contributed by atoms with Gasteiger partial charge in [0.25, 0.3) is 5.91 Å². The van der Waals surface area contributed by atoms with Gasteiger partial charge in [-0.15, -0.1) is 0 Å². The molecule has 94 valence electrons. The van der Waals surface area contributed by atoms with Gasteiger partial charge in [0, 0.05) is 26.6 Å². The molecule has 0 saturated heterocycles. The Kier molecular flexibility index (Phi) is 3.33. The van der Waals surface area contributed by atoms with Gasteiger partial charge in [-0.3, -0.25) is 9.89 Å². The Morgan fingerprint density at radius 3 is 2.94 bits per heavy atom. The summed E-state index contributed by atoms with van der Waals surface area (Å²) in [6.07, 6.45) is 2.25. The average molecular weight is 238 g/mol. The van der Waals surface area contributed by atoms with Gasteiger partial charge in [0.15, 0.2) is 5.69 Å². The zero-order valence-corrected chi connectivity index (χ0v) is 10.2. The van der Waals surface area contributed by atoms with Gasteiger partial charge in [0.05, 0.1) is 18.0 Å². The van der Waals surface area contributed by atoms with Crippen LogP contribution in [0, 0.1) is 0 Å². The van der Waals surface area contributed by atoms with Gasteiger partial charge in [0.1, 0.15) is 0 Å². The number of nitrogens with zero attached hydrogens (tertiary/aromatic N) is 2. The second kappa shape index (κ2) is 4.75. The van der Waals surface area contributed by atoms with Crippen LogP contribution in [0.5, 0.6) is 0 Å². The van der Waals surface area contributed by atoms with Gasteiger partial charge < -0.3 is 15.4 Å². The number of carbonyl (C=O) groups excluding carboxylic acids is 1. The fraction of sp³-hybridized carbons (Fsp3) is 0.636. The van der Waals surface area contributed by atoms with E-state index in [0.717, 1.165) is 18.5 Å². The van der Waals surface area contributed by atoms with Gasteiger partial charge in [-0.1, -0.05) is 0 Å². The number of H-pyrrole nitrogens is 1. The number of nitrogens with two attached hydrogens (primary N) is 1. The molecule has 6 heteroatoms. The summed E-state index contributed by atoms with van der Waals surface area (Å²) in [7, 11) is 3.32. The molecule has 2 rings (SSSR count). The third kappa shape index (κ3) is 2.41. The highest BCUT2D eigenvalue weighted by Gasteiger charge is 2.30. The Morgan fingerprint density at radius 2 is 2.35 bits per heavy atom. The van der Waals surface area contributed by atoms with Crippen molar-refractivity contribution in [1.29, 1.82) is 0 Å². The van der Waals surface area contributed by atoms with E-state index in [1.165, 1.54) is 0 Å². The molecular formula is C11H18N4O2. The summed E-state index contributed by atoms with van der Waals surface area (Å²) in [5.74, 6) is 0.302. The van der Waals surface area contributed by atoms with E-state index in [4.69, 9.17) is 10.5 Å². The van der Waals surface area contributed by atoms with E-state index >= 15 is 0 Å². The van der Waals surface area contributed by atoms with Crippen LogP contribution in [0.4, 0.5) is 5.69 Å².